The van der Waals surface area contributed by atoms with Crippen molar-refractivity contribution in [1.82, 2.24) is 4.90 Å². The van der Waals surface area contributed by atoms with Gasteiger partial charge in [0.05, 0.1) is 0 Å². The quantitative estimate of drug-likeness (QED) is 0.654. The van der Waals surface area contributed by atoms with Crippen molar-refractivity contribution in [3.8, 4) is 0 Å². The number of hydrogen-bond donors (Lipinski definition) is 1. The van der Waals surface area contributed by atoms with Gasteiger partial charge in [0.15, 0.2) is 0 Å². The monoisotopic (exact) mass is 362 g/mol. The van der Waals surface area contributed by atoms with Crippen LogP contribution in [0.5, 0.6) is 0 Å². The molecular weight excluding hydrogens is 340 g/mol. The maximum Gasteiger partial charge on any atom is 0.253 e. The highest BCUT2D eigenvalue weighted by Gasteiger charge is 2.12. The average Bonchev–Trinajstić information content (AvgIpc) is 3.11. The minimum atomic E-state index is -0.265. The lowest BCUT2D eigenvalue weighted by Crippen LogP contribution is -2.30. The summed E-state index contributed by atoms with van der Waals surface area (Å²) in [5.41, 5.74) is 2.02. The van der Waals surface area contributed by atoms with Crippen LogP contribution in [-0.2, 0) is 4.79 Å². The fourth-order valence-corrected chi connectivity index (χ4v) is 2.82. The van der Waals surface area contributed by atoms with E-state index in [4.69, 9.17) is 4.42 Å². The third-order valence-corrected chi connectivity index (χ3v) is 4.29. The number of carbonyl (C=O) groups is 2. The Labute approximate surface area is 158 Å². The van der Waals surface area contributed by atoms with Crippen LogP contribution >= 0.6 is 0 Å². The molecule has 0 bridgehead atoms. The summed E-state index contributed by atoms with van der Waals surface area (Å²) in [6, 6.07) is 16.5. The summed E-state index contributed by atoms with van der Waals surface area (Å²) in [5.74, 6) is 0.340. The molecule has 0 radical (unpaired) electrons. The largest absolute Gasteiger partial charge is 0.457 e. The van der Waals surface area contributed by atoms with Crippen molar-refractivity contribution in [1.29, 1.82) is 0 Å². The first kappa shape index (κ1) is 18.5. The van der Waals surface area contributed by atoms with Crippen molar-refractivity contribution in [2.75, 3.05) is 18.4 Å². The molecule has 0 atom stereocenters. The van der Waals surface area contributed by atoms with Gasteiger partial charge in [-0.05, 0) is 56.3 Å². The van der Waals surface area contributed by atoms with Crippen LogP contribution in [0.15, 0.2) is 65.1 Å². The van der Waals surface area contributed by atoms with Gasteiger partial charge in [0, 0.05) is 35.8 Å². The Balaban J connectivity index is 1.62. The fraction of sp³-hybridized carbons (Fsp3) is 0.182. The molecular formula is C22H22N2O3. The summed E-state index contributed by atoms with van der Waals surface area (Å²) in [6.45, 7) is 5.23. The number of hydrogen-bond acceptors (Lipinski definition) is 3. The third kappa shape index (κ3) is 4.44. The van der Waals surface area contributed by atoms with Crippen LogP contribution in [0.3, 0.4) is 0 Å². The predicted octanol–water partition coefficient (Wildman–Crippen LogP) is 4.57. The third-order valence-electron chi connectivity index (χ3n) is 4.29. The van der Waals surface area contributed by atoms with Crippen LogP contribution in [0.2, 0.25) is 0 Å². The summed E-state index contributed by atoms with van der Waals surface area (Å²) in [6.07, 6.45) is 3.06. The van der Waals surface area contributed by atoms with E-state index in [2.05, 4.69) is 5.32 Å². The second-order valence-corrected chi connectivity index (χ2v) is 6.06. The van der Waals surface area contributed by atoms with E-state index in [1.54, 1.807) is 35.2 Å². The second-order valence-electron chi connectivity index (χ2n) is 6.06. The molecule has 0 spiro atoms. The van der Waals surface area contributed by atoms with Gasteiger partial charge >= 0.3 is 0 Å². The highest BCUT2D eigenvalue weighted by Crippen LogP contribution is 2.19. The highest BCUT2D eigenvalue weighted by atomic mass is 16.3. The highest BCUT2D eigenvalue weighted by molar-refractivity contribution is 6.02. The summed E-state index contributed by atoms with van der Waals surface area (Å²) >= 11 is 0. The van der Waals surface area contributed by atoms with E-state index in [9.17, 15) is 9.59 Å². The van der Waals surface area contributed by atoms with Crippen LogP contribution in [0.1, 0.15) is 30.0 Å². The fourth-order valence-electron chi connectivity index (χ4n) is 2.82. The number of benzene rings is 2. The van der Waals surface area contributed by atoms with Gasteiger partial charge < -0.3 is 14.6 Å². The number of rotatable bonds is 6. The van der Waals surface area contributed by atoms with Crippen molar-refractivity contribution >= 4 is 34.5 Å². The summed E-state index contributed by atoms with van der Waals surface area (Å²) in [7, 11) is 0. The van der Waals surface area contributed by atoms with E-state index in [-0.39, 0.29) is 11.8 Å². The van der Waals surface area contributed by atoms with Gasteiger partial charge in [-0.1, -0.05) is 18.2 Å². The molecule has 0 saturated carbocycles. The number of nitrogens with zero attached hydrogens (tertiary/aromatic N) is 1. The standard InChI is InChI=1S/C22H22N2O3/c1-3-24(4-2)22(26)16-9-11-18(12-10-16)23-21(25)14-13-19-15-17-7-5-6-8-20(17)27-19/h5-15H,3-4H2,1-2H3,(H,23,25)/b14-13+. The molecule has 0 unspecified atom stereocenters. The number of amides is 2. The first-order chi connectivity index (χ1) is 13.1. The molecule has 0 aliphatic heterocycles. The van der Waals surface area contributed by atoms with Crippen LogP contribution in [0.4, 0.5) is 5.69 Å². The molecule has 5 heteroatoms. The van der Waals surface area contributed by atoms with Gasteiger partial charge in [-0.15, -0.1) is 0 Å². The van der Waals surface area contributed by atoms with Gasteiger partial charge in [0.25, 0.3) is 5.91 Å². The average molecular weight is 362 g/mol. The number of furan rings is 1. The molecule has 1 N–H and O–H groups in total. The van der Waals surface area contributed by atoms with Crippen molar-refractivity contribution in [3.05, 3.63) is 72.0 Å². The molecule has 0 fully saturated rings. The first-order valence-electron chi connectivity index (χ1n) is 8.97. The van der Waals surface area contributed by atoms with Crippen LogP contribution in [0, 0.1) is 0 Å². The Bertz CT molecular complexity index is 934. The van der Waals surface area contributed by atoms with E-state index >= 15 is 0 Å². The lowest BCUT2D eigenvalue weighted by Gasteiger charge is -2.18. The molecule has 3 aromatic rings. The van der Waals surface area contributed by atoms with Gasteiger partial charge in [0.1, 0.15) is 11.3 Å². The number of anilines is 1. The minimum absolute atomic E-state index is 0.0114. The molecule has 3 rings (SSSR count). The Kier molecular flexibility index (Phi) is 5.71. The van der Waals surface area contributed by atoms with Gasteiger partial charge in [-0.25, -0.2) is 0 Å². The molecule has 0 saturated heterocycles. The zero-order chi connectivity index (χ0) is 19.2. The molecule has 2 amide bonds. The number of para-hydroxylation sites is 1. The van der Waals surface area contributed by atoms with E-state index < -0.39 is 0 Å². The Morgan fingerprint density at radius 1 is 1.04 bits per heavy atom. The molecule has 138 valence electrons. The smallest absolute Gasteiger partial charge is 0.253 e. The lowest BCUT2D eigenvalue weighted by atomic mass is 10.1. The van der Waals surface area contributed by atoms with Crippen molar-refractivity contribution in [2.45, 2.75) is 13.8 Å². The number of fused-ring (bicyclic) bond motifs is 1. The SMILES string of the molecule is CCN(CC)C(=O)c1ccc(NC(=O)/C=C/c2cc3ccccc3o2)cc1. The topological polar surface area (TPSA) is 62.6 Å². The number of nitrogens with one attached hydrogen (secondary N) is 1. The van der Waals surface area contributed by atoms with Crippen molar-refractivity contribution < 1.29 is 14.0 Å². The molecule has 0 aliphatic carbocycles. The summed E-state index contributed by atoms with van der Waals surface area (Å²) in [5, 5.41) is 3.77. The molecule has 0 aliphatic rings. The second kappa shape index (κ2) is 8.36. The Morgan fingerprint density at radius 3 is 2.41 bits per heavy atom. The van der Waals surface area contributed by atoms with Crippen LogP contribution in [0.25, 0.3) is 17.0 Å². The molecule has 1 heterocycles. The van der Waals surface area contributed by atoms with Crippen LogP contribution in [-0.4, -0.2) is 29.8 Å². The number of carbonyl (C=O) groups excluding carboxylic acids is 2. The van der Waals surface area contributed by atoms with Gasteiger partial charge in [0.2, 0.25) is 5.91 Å². The van der Waals surface area contributed by atoms with Gasteiger partial charge in [-0.3, -0.25) is 9.59 Å². The molecule has 5 nitrogen and oxygen atoms in total. The Morgan fingerprint density at radius 2 is 1.74 bits per heavy atom. The van der Waals surface area contributed by atoms with E-state index in [1.165, 1.54) is 6.08 Å². The van der Waals surface area contributed by atoms with Crippen molar-refractivity contribution in [2.24, 2.45) is 0 Å². The van der Waals surface area contributed by atoms with E-state index in [0.29, 0.717) is 30.1 Å². The summed E-state index contributed by atoms with van der Waals surface area (Å²) in [4.78, 5) is 26.2. The zero-order valence-electron chi connectivity index (χ0n) is 15.4. The lowest BCUT2D eigenvalue weighted by molar-refractivity contribution is -0.111. The molecule has 1 aromatic heterocycles. The first-order valence-corrected chi connectivity index (χ1v) is 8.97. The van der Waals surface area contributed by atoms with E-state index in [1.807, 2.05) is 44.2 Å². The maximum absolute atomic E-state index is 12.3. The minimum Gasteiger partial charge on any atom is -0.457 e. The molecule has 27 heavy (non-hydrogen) atoms. The van der Waals surface area contributed by atoms with Crippen LogP contribution < -0.4 is 5.32 Å². The van der Waals surface area contributed by atoms with E-state index in [0.717, 1.165) is 11.0 Å². The molecule has 2 aromatic carbocycles. The predicted molar refractivity (Wildman–Crippen MR) is 108 cm³/mol. The van der Waals surface area contributed by atoms with Gasteiger partial charge in [-0.2, -0.15) is 0 Å². The Hall–Kier alpha value is -3.34. The maximum atomic E-state index is 12.3. The summed E-state index contributed by atoms with van der Waals surface area (Å²) < 4.78 is 5.65. The normalized spacial score (nSPS) is 11.0. The van der Waals surface area contributed by atoms with Crippen molar-refractivity contribution in [3.63, 3.8) is 0 Å². The zero-order valence-corrected chi connectivity index (χ0v) is 15.4.